The first-order chi connectivity index (χ1) is 17.1. The Bertz CT molecular complexity index is 1360. The Hall–Kier alpha value is -3.37. The summed E-state index contributed by atoms with van der Waals surface area (Å²) in [7, 11) is -3.63. The molecule has 1 unspecified atom stereocenters. The summed E-state index contributed by atoms with van der Waals surface area (Å²) in [5.74, 6) is -1.78. The SMILES string of the molecule is CCCN(CCC)S(=O)(=O)c1ccc(C2=CC(=O)N3N=C(C)C(c4ccc(F)cc4F)=CC3N2)cc1. The van der Waals surface area contributed by atoms with Crippen molar-refractivity contribution >= 4 is 32.9 Å². The fourth-order valence-electron chi connectivity index (χ4n) is 4.27. The van der Waals surface area contributed by atoms with Gasteiger partial charge in [-0.05, 0) is 55.7 Å². The molecule has 190 valence electrons. The zero-order valence-corrected chi connectivity index (χ0v) is 21.1. The summed E-state index contributed by atoms with van der Waals surface area (Å²) in [6, 6.07) is 9.66. The molecule has 10 heteroatoms. The lowest BCUT2D eigenvalue weighted by Crippen LogP contribution is -2.49. The van der Waals surface area contributed by atoms with E-state index in [2.05, 4.69) is 10.4 Å². The van der Waals surface area contributed by atoms with E-state index in [0.29, 0.717) is 48.5 Å². The van der Waals surface area contributed by atoms with Crippen molar-refractivity contribution in [2.24, 2.45) is 5.10 Å². The van der Waals surface area contributed by atoms with Crippen LogP contribution in [0.15, 0.2) is 64.6 Å². The van der Waals surface area contributed by atoms with Gasteiger partial charge < -0.3 is 5.32 Å². The van der Waals surface area contributed by atoms with Crippen molar-refractivity contribution in [3.63, 3.8) is 0 Å². The van der Waals surface area contributed by atoms with Crippen LogP contribution >= 0.6 is 0 Å². The van der Waals surface area contributed by atoms with Crippen LogP contribution in [0.4, 0.5) is 8.78 Å². The molecule has 7 nitrogen and oxygen atoms in total. The summed E-state index contributed by atoms with van der Waals surface area (Å²) in [6.07, 6.45) is 3.78. The minimum absolute atomic E-state index is 0.181. The molecule has 0 aliphatic carbocycles. The maximum atomic E-state index is 14.4. The van der Waals surface area contributed by atoms with E-state index in [0.717, 1.165) is 6.07 Å². The number of carbonyl (C=O) groups is 1. The summed E-state index contributed by atoms with van der Waals surface area (Å²) >= 11 is 0. The molecule has 4 rings (SSSR count). The second kappa shape index (κ2) is 10.3. The average Bonchev–Trinajstić information content (AvgIpc) is 2.84. The summed E-state index contributed by atoms with van der Waals surface area (Å²) < 4.78 is 55.4. The highest BCUT2D eigenvalue weighted by Crippen LogP contribution is 2.29. The van der Waals surface area contributed by atoms with Gasteiger partial charge in [-0.2, -0.15) is 9.41 Å². The third-order valence-corrected chi connectivity index (χ3v) is 7.92. The average molecular weight is 515 g/mol. The normalized spacial score (nSPS) is 17.8. The van der Waals surface area contributed by atoms with Gasteiger partial charge in [-0.15, -0.1) is 0 Å². The van der Waals surface area contributed by atoms with Crippen molar-refractivity contribution in [3.8, 4) is 0 Å². The van der Waals surface area contributed by atoms with Gasteiger partial charge in [0.25, 0.3) is 5.91 Å². The number of hydrazone groups is 1. The number of allylic oxidation sites excluding steroid dienone is 1. The first-order valence-corrected chi connectivity index (χ1v) is 13.2. The molecule has 0 aromatic heterocycles. The van der Waals surface area contributed by atoms with E-state index in [9.17, 15) is 22.0 Å². The summed E-state index contributed by atoms with van der Waals surface area (Å²) in [5, 5.41) is 8.76. The Morgan fingerprint density at radius 2 is 1.72 bits per heavy atom. The Morgan fingerprint density at radius 1 is 1.06 bits per heavy atom. The number of hydrogen-bond donors (Lipinski definition) is 1. The maximum absolute atomic E-state index is 14.4. The van der Waals surface area contributed by atoms with Crippen molar-refractivity contribution in [2.45, 2.75) is 44.7 Å². The Balaban J connectivity index is 1.61. The van der Waals surface area contributed by atoms with Gasteiger partial charge in [-0.1, -0.05) is 26.0 Å². The lowest BCUT2D eigenvalue weighted by atomic mass is 9.98. The van der Waals surface area contributed by atoms with Crippen LogP contribution in [-0.2, 0) is 14.8 Å². The Kier molecular flexibility index (Phi) is 7.37. The smallest absolute Gasteiger partial charge is 0.271 e. The fourth-order valence-corrected chi connectivity index (χ4v) is 5.90. The van der Waals surface area contributed by atoms with Gasteiger partial charge in [0, 0.05) is 42.1 Å². The molecular formula is C26H28F2N4O3S. The summed E-state index contributed by atoms with van der Waals surface area (Å²) in [6.45, 7) is 6.41. The predicted octanol–water partition coefficient (Wildman–Crippen LogP) is 4.35. The van der Waals surface area contributed by atoms with Crippen molar-refractivity contribution in [3.05, 3.63) is 77.4 Å². The second-order valence-electron chi connectivity index (χ2n) is 8.65. The number of benzene rings is 2. The number of amides is 1. The summed E-state index contributed by atoms with van der Waals surface area (Å²) in [4.78, 5) is 13.0. The molecule has 0 bridgehead atoms. The topological polar surface area (TPSA) is 82.1 Å². The number of sulfonamides is 1. The van der Waals surface area contributed by atoms with E-state index in [4.69, 9.17) is 0 Å². The van der Waals surface area contributed by atoms with Gasteiger partial charge in [-0.25, -0.2) is 22.2 Å². The molecule has 0 radical (unpaired) electrons. The van der Waals surface area contributed by atoms with Gasteiger partial charge in [0.1, 0.15) is 17.8 Å². The number of rotatable bonds is 8. The second-order valence-corrected chi connectivity index (χ2v) is 10.6. The molecule has 1 atom stereocenters. The van der Waals surface area contributed by atoms with E-state index >= 15 is 0 Å². The molecule has 0 fully saturated rings. The monoisotopic (exact) mass is 514 g/mol. The maximum Gasteiger partial charge on any atom is 0.271 e. The third-order valence-electron chi connectivity index (χ3n) is 6.00. The van der Waals surface area contributed by atoms with Gasteiger partial charge in [-0.3, -0.25) is 4.79 Å². The highest BCUT2D eigenvalue weighted by atomic mass is 32.2. The van der Waals surface area contributed by atoms with Crippen LogP contribution in [-0.4, -0.2) is 48.6 Å². The minimum atomic E-state index is -3.63. The van der Waals surface area contributed by atoms with Gasteiger partial charge in [0.2, 0.25) is 10.0 Å². The molecule has 36 heavy (non-hydrogen) atoms. The van der Waals surface area contributed by atoms with Crippen LogP contribution < -0.4 is 5.32 Å². The number of nitrogens with one attached hydrogen (secondary N) is 1. The first kappa shape index (κ1) is 25.7. The molecule has 1 amide bonds. The van der Waals surface area contributed by atoms with Crippen LogP contribution in [0, 0.1) is 11.6 Å². The van der Waals surface area contributed by atoms with E-state index in [1.807, 2.05) is 13.8 Å². The largest absolute Gasteiger partial charge is 0.360 e. The van der Waals surface area contributed by atoms with Gasteiger partial charge in [0.15, 0.2) is 0 Å². The molecule has 0 saturated heterocycles. The number of fused-ring (bicyclic) bond motifs is 1. The van der Waals surface area contributed by atoms with E-state index in [1.54, 1.807) is 25.1 Å². The molecule has 2 aliphatic rings. The van der Waals surface area contributed by atoms with Crippen LogP contribution in [0.1, 0.15) is 44.7 Å². The van der Waals surface area contributed by atoms with Gasteiger partial charge >= 0.3 is 0 Å². The molecule has 1 N–H and O–H groups in total. The molecule has 2 heterocycles. The minimum Gasteiger partial charge on any atom is -0.360 e. The van der Waals surface area contributed by atoms with E-state index < -0.39 is 27.8 Å². The predicted molar refractivity (Wildman–Crippen MR) is 135 cm³/mol. The van der Waals surface area contributed by atoms with Crippen LogP contribution in [0.25, 0.3) is 11.3 Å². The highest BCUT2D eigenvalue weighted by Gasteiger charge is 2.32. The van der Waals surface area contributed by atoms with E-state index in [-0.39, 0.29) is 16.4 Å². The zero-order chi connectivity index (χ0) is 26.0. The van der Waals surface area contributed by atoms with Crippen molar-refractivity contribution in [2.75, 3.05) is 13.1 Å². The number of halogens is 2. The Morgan fingerprint density at radius 3 is 2.33 bits per heavy atom. The number of carbonyl (C=O) groups excluding carboxylic acids is 1. The molecular weight excluding hydrogens is 486 g/mol. The molecule has 0 saturated carbocycles. The van der Waals surface area contributed by atoms with Crippen LogP contribution in [0.2, 0.25) is 0 Å². The lowest BCUT2D eigenvalue weighted by Gasteiger charge is -2.35. The van der Waals surface area contributed by atoms with Crippen molar-refractivity contribution in [1.29, 1.82) is 0 Å². The molecule has 2 aliphatic heterocycles. The highest BCUT2D eigenvalue weighted by molar-refractivity contribution is 7.89. The Labute approximate surface area is 209 Å². The quantitative estimate of drug-likeness (QED) is 0.568. The van der Waals surface area contributed by atoms with Crippen molar-refractivity contribution in [1.82, 2.24) is 14.6 Å². The third kappa shape index (κ3) is 4.96. The van der Waals surface area contributed by atoms with Crippen LogP contribution in [0.3, 0.4) is 0 Å². The van der Waals surface area contributed by atoms with Crippen LogP contribution in [0.5, 0.6) is 0 Å². The zero-order valence-electron chi connectivity index (χ0n) is 20.3. The lowest BCUT2D eigenvalue weighted by molar-refractivity contribution is -0.128. The van der Waals surface area contributed by atoms with E-state index in [1.165, 1.54) is 39.7 Å². The molecule has 2 aromatic rings. The standard InChI is InChI=1S/C26H28F2N4O3S/c1-4-12-31(13-5-2)36(34,35)20-9-6-18(7-10-20)24-16-26(33)32-25(29-24)15-22(17(3)30-32)21-11-8-19(27)14-23(21)28/h6-11,14-16,25,29H,4-5,12-13H2,1-3H3. The number of hydrogen-bond acceptors (Lipinski definition) is 5. The van der Waals surface area contributed by atoms with Gasteiger partial charge in [0.05, 0.1) is 10.6 Å². The fraction of sp³-hybridized carbons (Fsp3) is 0.308. The van der Waals surface area contributed by atoms with Crippen molar-refractivity contribution < 1.29 is 22.0 Å². The molecule has 2 aromatic carbocycles. The summed E-state index contributed by atoms with van der Waals surface area (Å²) in [5.41, 5.74) is 2.15. The molecule has 0 spiro atoms. The number of nitrogens with zero attached hydrogens (tertiary/aromatic N) is 3. The first-order valence-electron chi connectivity index (χ1n) is 11.8.